The van der Waals surface area contributed by atoms with Crippen molar-refractivity contribution in [1.82, 2.24) is 4.90 Å². The minimum atomic E-state index is -4.30. The summed E-state index contributed by atoms with van der Waals surface area (Å²) in [5.74, 6) is 0. The summed E-state index contributed by atoms with van der Waals surface area (Å²) in [7, 11) is 0. The van der Waals surface area contributed by atoms with Gasteiger partial charge in [-0.05, 0) is 30.7 Å². The van der Waals surface area contributed by atoms with Crippen molar-refractivity contribution in [2.24, 2.45) is 0 Å². The molecule has 1 aliphatic heterocycles. The van der Waals surface area contributed by atoms with Crippen molar-refractivity contribution in [2.75, 3.05) is 26.2 Å². The Morgan fingerprint density at radius 3 is 2.76 bits per heavy atom. The first-order chi connectivity index (χ1) is 9.50. The van der Waals surface area contributed by atoms with Gasteiger partial charge in [-0.3, -0.25) is 4.90 Å². The molecule has 1 saturated heterocycles. The van der Waals surface area contributed by atoms with Gasteiger partial charge >= 0.3 is 6.18 Å². The second kappa shape index (κ2) is 8.01. The molecule has 0 aromatic heterocycles. The second-order valence-corrected chi connectivity index (χ2v) is 5.14. The Labute approximate surface area is 129 Å². The summed E-state index contributed by atoms with van der Waals surface area (Å²) >= 11 is 0. The molecule has 120 valence electrons. The van der Waals surface area contributed by atoms with Crippen molar-refractivity contribution in [3.63, 3.8) is 0 Å². The molecule has 0 radical (unpaired) electrons. The van der Waals surface area contributed by atoms with E-state index in [-0.39, 0.29) is 18.5 Å². The van der Waals surface area contributed by atoms with Gasteiger partial charge in [0.25, 0.3) is 0 Å². The van der Waals surface area contributed by atoms with Gasteiger partial charge in [0, 0.05) is 13.1 Å². The van der Waals surface area contributed by atoms with Gasteiger partial charge < -0.3 is 4.74 Å². The number of benzene rings is 1. The van der Waals surface area contributed by atoms with Crippen LogP contribution in [0.15, 0.2) is 24.3 Å². The maximum atomic E-state index is 12.7. The number of unbranched alkanes of at least 4 members (excludes halogenated alkanes) is 1. The fourth-order valence-corrected chi connectivity index (χ4v) is 2.40. The number of rotatable bonds is 4. The molecule has 21 heavy (non-hydrogen) atoms. The zero-order valence-electron chi connectivity index (χ0n) is 12.0. The van der Waals surface area contributed by atoms with Crippen molar-refractivity contribution in [2.45, 2.75) is 32.0 Å². The van der Waals surface area contributed by atoms with Crippen molar-refractivity contribution in [1.29, 1.82) is 0 Å². The van der Waals surface area contributed by atoms with Crippen molar-refractivity contribution < 1.29 is 17.9 Å². The van der Waals surface area contributed by atoms with Crippen LogP contribution in [0.4, 0.5) is 13.2 Å². The lowest BCUT2D eigenvalue weighted by Gasteiger charge is -2.33. The topological polar surface area (TPSA) is 12.5 Å². The van der Waals surface area contributed by atoms with Crippen LogP contribution < -0.4 is 0 Å². The van der Waals surface area contributed by atoms with Crippen LogP contribution in [0.5, 0.6) is 0 Å². The molecule has 1 atom stereocenters. The third kappa shape index (κ3) is 5.16. The normalized spacial score (nSPS) is 20.1. The highest BCUT2D eigenvalue weighted by molar-refractivity contribution is 5.85. The highest BCUT2D eigenvalue weighted by Crippen LogP contribution is 2.32. The maximum Gasteiger partial charge on any atom is 0.416 e. The lowest BCUT2D eigenvalue weighted by atomic mass is 10.0. The Morgan fingerprint density at radius 2 is 2.10 bits per heavy atom. The van der Waals surface area contributed by atoms with Crippen molar-refractivity contribution in [3.05, 3.63) is 35.4 Å². The third-order valence-electron chi connectivity index (χ3n) is 3.56. The predicted octanol–water partition coefficient (Wildman–Crippen LogP) is 4.30. The Balaban J connectivity index is 0.00000220. The molecule has 1 fully saturated rings. The quantitative estimate of drug-likeness (QED) is 0.819. The summed E-state index contributed by atoms with van der Waals surface area (Å²) in [6.45, 7) is 5.21. The average Bonchev–Trinajstić information content (AvgIpc) is 2.45. The SMILES string of the molecule is CCCCN1CCOC(c2cccc(C(F)(F)F)c2)C1.Cl. The number of halogens is 4. The van der Waals surface area contributed by atoms with E-state index in [0.717, 1.165) is 32.0 Å². The minimum absolute atomic E-state index is 0. The number of nitrogens with zero attached hydrogens (tertiary/aromatic N) is 1. The van der Waals surface area contributed by atoms with Crippen LogP contribution in [-0.2, 0) is 10.9 Å². The van der Waals surface area contributed by atoms with Crippen LogP contribution in [0.1, 0.15) is 37.0 Å². The maximum absolute atomic E-state index is 12.7. The molecule has 0 saturated carbocycles. The number of hydrogen-bond donors (Lipinski definition) is 0. The molecular weight excluding hydrogens is 303 g/mol. The summed E-state index contributed by atoms with van der Waals surface area (Å²) in [5.41, 5.74) is 0.00491. The standard InChI is InChI=1S/C15H20F3NO.ClH/c1-2-3-7-19-8-9-20-14(11-19)12-5-4-6-13(10-12)15(16,17)18;/h4-6,10,14H,2-3,7-9,11H2,1H3;1H. The molecule has 2 nitrogen and oxygen atoms in total. The van der Waals surface area contributed by atoms with E-state index in [1.165, 1.54) is 12.1 Å². The van der Waals surface area contributed by atoms with E-state index in [2.05, 4.69) is 11.8 Å². The molecule has 0 bridgehead atoms. The van der Waals surface area contributed by atoms with Crippen molar-refractivity contribution in [3.8, 4) is 0 Å². The zero-order valence-corrected chi connectivity index (χ0v) is 12.8. The van der Waals surface area contributed by atoms with Crippen LogP contribution in [0, 0.1) is 0 Å². The number of morpholine rings is 1. The molecule has 0 amide bonds. The molecule has 0 spiro atoms. The third-order valence-corrected chi connectivity index (χ3v) is 3.56. The van der Waals surface area contributed by atoms with E-state index >= 15 is 0 Å². The lowest BCUT2D eigenvalue weighted by molar-refractivity contribution is -0.137. The van der Waals surface area contributed by atoms with E-state index in [4.69, 9.17) is 4.74 Å². The van der Waals surface area contributed by atoms with Gasteiger partial charge in [-0.2, -0.15) is 13.2 Å². The first-order valence-electron chi connectivity index (χ1n) is 7.02. The van der Waals surface area contributed by atoms with Gasteiger partial charge in [0.2, 0.25) is 0 Å². The Kier molecular flexibility index (Phi) is 6.97. The van der Waals surface area contributed by atoms with Crippen LogP contribution in [-0.4, -0.2) is 31.1 Å². The van der Waals surface area contributed by atoms with Crippen molar-refractivity contribution >= 4 is 12.4 Å². The molecule has 6 heteroatoms. The van der Waals surface area contributed by atoms with Gasteiger partial charge in [0.1, 0.15) is 0 Å². The van der Waals surface area contributed by atoms with Gasteiger partial charge in [0.15, 0.2) is 0 Å². The summed E-state index contributed by atoms with van der Waals surface area (Å²) in [5, 5.41) is 0. The van der Waals surface area contributed by atoms with E-state index in [1.54, 1.807) is 6.07 Å². The van der Waals surface area contributed by atoms with Gasteiger partial charge in [-0.15, -0.1) is 12.4 Å². The molecule has 1 unspecified atom stereocenters. The summed E-state index contributed by atoms with van der Waals surface area (Å²) < 4.78 is 43.8. The van der Waals surface area contributed by atoms with Crippen LogP contribution >= 0.6 is 12.4 Å². The Hall–Kier alpha value is -0.780. The lowest BCUT2D eigenvalue weighted by Crippen LogP contribution is -2.38. The summed E-state index contributed by atoms with van der Waals surface area (Å²) in [6, 6.07) is 5.46. The number of hydrogen-bond acceptors (Lipinski definition) is 2. The first-order valence-corrected chi connectivity index (χ1v) is 7.02. The monoisotopic (exact) mass is 323 g/mol. The van der Waals surface area contributed by atoms with Crippen LogP contribution in [0.2, 0.25) is 0 Å². The molecule has 1 heterocycles. The molecule has 1 aromatic carbocycles. The van der Waals surface area contributed by atoms with Gasteiger partial charge in [-0.1, -0.05) is 25.5 Å². The molecular formula is C15H21ClF3NO. The van der Waals surface area contributed by atoms with E-state index in [0.29, 0.717) is 18.7 Å². The highest BCUT2D eigenvalue weighted by Gasteiger charge is 2.31. The van der Waals surface area contributed by atoms with Gasteiger partial charge in [0.05, 0.1) is 18.3 Å². The van der Waals surface area contributed by atoms with E-state index in [9.17, 15) is 13.2 Å². The highest BCUT2D eigenvalue weighted by atomic mass is 35.5. The number of ether oxygens (including phenoxy) is 1. The van der Waals surface area contributed by atoms with E-state index in [1.807, 2.05) is 0 Å². The largest absolute Gasteiger partial charge is 0.416 e. The smallest absolute Gasteiger partial charge is 0.371 e. The minimum Gasteiger partial charge on any atom is -0.371 e. The Morgan fingerprint density at radius 1 is 1.33 bits per heavy atom. The molecule has 1 aliphatic rings. The van der Waals surface area contributed by atoms with Gasteiger partial charge in [-0.25, -0.2) is 0 Å². The van der Waals surface area contributed by atoms with Crippen LogP contribution in [0.25, 0.3) is 0 Å². The van der Waals surface area contributed by atoms with E-state index < -0.39 is 11.7 Å². The predicted molar refractivity (Wildman–Crippen MR) is 78.7 cm³/mol. The first kappa shape index (κ1) is 18.3. The molecule has 2 rings (SSSR count). The molecule has 0 N–H and O–H groups in total. The van der Waals surface area contributed by atoms with Crippen LogP contribution in [0.3, 0.4) is 0 Å². The number of alkyl halides is 3. The fraction of sp³-hybridized carbons (Fsp3) is 0.600. The Bertz CT molecular complexity index is 439. The fourth-order valence-electron chi connectivity index (χ4n) is 2.40. The second-order valence-electron chi connectivity index (χ2n) is 5.14. The average molecular weight is 324 g/mol. The summed E-state index contributed by atoms with van der Waals surface area (Å²) in [4.78, 5) is 2.26. The zero-order chi connectivity index (χ0) is 14.6. The molecule has 0 aliphatic carbocycles. The summed E-state index contributed by atoms with van der Waals surface area (Å²) in [6.07, 6.45) is -2.34. The molecule has 1 aromatic rings.